The van der Waals surface area contributed by atoms with E-state index >= 15 is 0 Å². The Morgan fingerprint density at radius 1 is 1.00 bits per heavy atom. The fourth-order valence-electron chi connectivity index (χ4n) is 3.96. The molecule has 0 radical (unpaired) electrons. The summed E-state index contributed by atoms with van der Waals surface area (Å²) < 4.78 is 41.3. The number of H-pyrrole nitrogens is 1. The van der Waals surface area contributed by atoms with E-state index in [1.807, 2.05) is 4.72 Å². The van der Waals surface area contributed by atoms with Crippen LogP contribution in [0.3, 0.4) is 0 Å². The van der Waals surface area contributed by atoms with Gasteiger partial charge in [-0.25, -0.2) is 26.9 Å². The topological polar surface area (TPSA) is 130 Å². The maximum atomic E-state index is 13.4. The average Bonchev–Trinajstić information content (AvgIpc) is 3.35. The molecule has 12 heteroatoms. The molecule has 0 aliphatic carbocycles. The van der Waals surface area contributed by atoms with Crippen LogP contribution >= 0.6 is 11.3 Å². The minimum atomic E-state index is -4.03. The van der Waals surface area contributed by atoms with E-state index in [1.54, 1.807) is 43.3 Å². The molecule has 1 amide bonds. The van der Waals surface area contributed by atoms with Crippen LogP contribution in [0.15, 0.2) is 92.7 Å². The molecule has 0 unspecified atom stereocenters. The van der Waals surface area contributed by atoms with Crippen molar-refractivity contribution in [2.75, 3.05) is 5.32 Å². The highest BCUT2D eigenvalue weighted by Gasteiger charge is 2.20. The molecule has 3 N–H and O–H groups in total. The third-order valence-electron chi connectivity index (χ3n) is 5.88. The number of thiophene rings is 1. The van der Waals surface area contributed by atoms with Gasteiger partial charge in [-0.15, -0.1) is 11.3 Å². The number of sulfonamides is 1. The third kappa shape index (κ3) is 5.52. The van der Waals surface area contributed by atoms with E-state index in [9.17, 15) is 27.2 Å². The van der Waals surface area contributed by atoms with Gasteiger partial charge in [-0.1, -0.05) is 12.1 Å². The summed E-state index contributed by atoms with van der Waals surface area (Å²) in [6, 6.07) is 19.5. The minimum Gasteiger partial charge on any atom is -0.381 e. The summed E-state index contributed by atoms with van der Waals surface area (Å²) in [4.78, 5) is 42.0. The van der Waals surface area contributed by atoms with Crippen molar-refractivity contribution < 1.29 is 17.6 Å². The van der Waals surface area contributed by atoms with Crippen molar-refractivity contribution in [1.82, 2.24) is 14.3 Å². The van der Waals surface area contributed by atoms with E-state index in [2.05, 4.69) is 10.3 Å². The number of halogens is 1. The predicted octanol–water partition coefficient (Wildman–Crippen LogP) is 3.92. The SMILES string of the molecule is Cc1ccc(S(=O)(=O)NC(=O)c2ccc(-n3c(=O)[nH]c4cc(NCc5cccc(F)c5)ccc4c3=O)cc2)s1. The first-order valence-electron chi connectivity index (χ1n) is 11.6. The van der Waals surface area contributed by atoms with Gasteiger partial charge in [-0.3, -0.25) is 9.59 Å². The largest absolute Gasteiger partial charge is 0.381 e. The number of carbonyl (C=O) groups is 1. The lowest BCUT2D eigenvalue weighted by atomic mass is 10.2. The molecular formula is C27H21FN4O5S2. The molecule has 5 rings (SSSR count). The zero-order valence-corrected chi connectivity index (χ0v) is 22.0. The van der Waals surface area contributed by atoms with Gasteiger partial charge in [-0.05, 0) is 79.2 Å². The first-order chi connectivity index (χ1) is 18.6. The summed E-state index contributed by atoms with van der Waals surface area (Å²) in [5.41, 5.74) is 0.647. The van der Waals surface area contributed by atoms with Gasteiger partial charge in [0.2, 0.25) is 0 Å². The molecule has 0 aliphatic heterocycles. The number of amides is 1. The summed E-state index contributed by atoms with van der Waals surface area (Å²) in [7, 11) is -4.03. The molecule has 0 atom stereocenters. The molecule has 0 spiro atoms. The molecule has 0 bridgehead atoms. The number of fused-ring (bicyclic) bond motifs is 1. The molecule has 0 saturated carbocycles. The van der Waals surface area contributed by atoms with E-state index in [-0.39, 0.29) is 26.7 Å². The summed E-state index contributed by atoms with van der Waals surface area (Å²) in [5.74, 6) is -1.18. The fraction of sp³-hybridized carbons (Fsp3) is 0.0741. The number of anilines is 1. The van der Waals surface area contributed by atoms with Crippen molar-refractivity contribution in [2.24, 2.45) is 0 Å². The lowest BCUT2D eigenvalue weighted by Crippen LogP contribution is -2.33. The molecule has 9 nitrogen and oxygen atoms in total. The zero-order valence-electron chi connectivity index (χ0n) is 20.4. The van der Waals surface area contributed by atoms with Crippen LogP contribution in [0.25, 0.3) is 16.6 Å². The van der Waals surface area contributed by atoms with Gasteiger partial charge in [0.15, 0.2) is 0 Å². The minimum absolute atomic E-state index is 0.0199. The smallest absolute Gasteiger partial charge is 0.333 e. The Kier molecular flexibility index (Phi) is 6.89. The molecule has 0 saturated heterocycles. The second-order valence-electron chi connectivity index (χ2n) is 8.66. The van der Waals surface area contributed by atoms with E-state index in [0.29, 0.717) is 17.7 Å². The average molecular weight is 565 g/mol. The Morgan fingerprint density at radius 2 is 1.77 bits per heavy atom. The monoisotopic (exact) mass is 564 g/mol. The second kappa shape index (κ2) is 10.3. The number of aryl methyl sites for hydroxylation is 1. The molecule has 0 fully saturated rings. The van der Waals surface area contributed by atoms with E-state index in [4.69, 9.17) is 0 Å². The van der Waals surface area contributed by atoms with Crippen LogP contribution in [0.2, 0.25) is 0 Å². The summed E-state index contributed by atoms with van der Waals surface area (Å²) in [6.45, 7) is 2.10. The van der Waals surface area contributed by atoms with Crippen LogP contribution < -0.4 is 21.3 Å². The highest BCUT2D eigenvalue weighted by Crippen LogP contribution is 2.21. The molecule has 198 valence electrons. The molecule has 5 aromatic rings. The van der Waals surface area contributed by atoms with Crippen molar-refractivity contribution in [3.63, 3.8) is 0 Å². The standard InChI is InChI=1S/C27H21FN4O5S2/c1-16-5-12-24(38-16)39(36,37)31-25(33)18-6-9-21(10-7-18)32-26(34)22-11-8-20(14-23(22)30-27(32)35)29-15-17-3-2-4-19(28)13-17/h2-14,29H,15H2,1H3,(H,30,35)(H,31,33). The Morgan fingerprint density at radius 3 is 2.46 bits per heavy atom. The van der Waals surface area contributed by atoms with Gasteiger partial charge in [0.1, 0.15) is 10.0 Å². The predicted molar refractivity (Wildman–Crippen MR) is 148 cm³/mol. The maximum Gasteiger partial charge on any atom is 0.333 e. The van der Waals surface area contributed by atoms with Crippen LogP contribution in [-0.2, 0) is 16.6 Å². The van der Waals surface area contributed by atoms with Crippen LogP contribution in [0, 0.1) is 12.7 Å². The Bertz CT molecular complexity index is 1940. The number of benzene rings is 3. The number of nitrogens with zero attached hydrogens (tertiary/aromatic N) is 1. The van der Waals surface area contributed by atoms with Crippen molar-refractivity contribution >= 4 is 43.9 Å². The molecule has 2 aromatic heterocycles. The van der Waals surface area contributed by atoms with Gasteiger partial charge in [0.25, 0.3) is 21.5 Å². The number of aromatic amines is 1. The van der Waals surface area contributed by atoms with E-state index in [1.165, 1.54) is 42.5 Å². The van der Waals surface area contributed by atoms with Gasteiger partial charge < -0.3 is 10.3 Å². The van der Waals surface area contributed by atoms with Gasteiger partial charge in [0, 0.05) is 22.7 Å². The Balaban J connectivity index is 1.37. The Labute approximate surface area is 225 Å². The summed E-state index contributed by atoms with van der Waals surface area (Å²) in [5, 5.41) is 3.39. The van der Waals surface area contributed by atoms with Crippen LogP contribution in [0.4, 0.5) is 10.1 Å². The van der Waals surface area contributed by atoms with E-state index in [0.717, 1.165) is 26.3 Å². The Hall–Kier alpha value is -4.55. The highest BCUT2D eigenvalue weighted by molar-refractivity contribution is 7.92. The fourth-order valence-corrected chi connectivity index (χ4v) is 6.22. The summed E-state index contributed by atoms with van der Waals surface area (Å²) >= 11 is 1.04. The second-order valence-corrected chi connectivity index (χ2v) is 11.9. The third-order valence-corrected chi connectivity index (χ3v) is 8.70. The molecular weight excluding hydrogens is 543 g/mol. The van der Waals surface area contributed by atoms with Crippen molar-refractivity contribution in [2.45, 2.75) is 17.7 Å². The van der Waals surface area contributed by atoms with Gasteiger partial charge in [-0.2, -0.15) is 0 Å². The number of hydrogen-bond donors (Lipinski definition) is 3. The van der Waals surface area contributed by atoms with Crippen molar-refractivity contribution in [3.8, 4) is 5.69 Å². The van der Waals surface area contributed by atoms with Gasteiger partial charge in [0.05, 0.1) is 16.6 Å². The van der Waals surface area contributed by atoms with Crippen molar-refractivity contribution in [1.29, 1.82) is 0 Å². The first kappa shape index (κ1) is 26.1. The summed E-state index contributed by atoms with van der Waals surface area (Å²) in [6.07, 6.45) is 0. The van der Waals surface area contributed by atoms with Gasteiger partial charge >= 0.3 is 5.69 Å². The quantitative estimate of drug-likeness (QED) is 0.275. The van der Waals surface area contributed by atoms with E-state index < -0.39 is 27.2 Å². The van der Waals surface area contributed by atoms with Crippen LogP contribution in [0.5, 0.6) is 0 Å². The normalized spacial score (nSPS) is 11.4. The lowest BCUT2D eigenvalue weighted by Gasteiger charge is -2.10. The number of hydrogen-bond acceptors (Lipinski definition) is 7. The highest BCUT2D eigenvalue weighted by atomic mass is 32.2. The number of nitrogens with one attached hydrogen (secondary N) is 3. The number of rotatable bonds is 7. The maximum absolute atomic E-state index is 13.4. The lowest BCUT2D eigenvalue weighted by molar-refractivity contribution is 0.0981. The first-order valence-corrected chi connectivity index (χ1v) is 13.9. The van der Waals surface area contributed by atoms with Crippen LogP contribution in [0.1, 0.15) is 20.8 Å². The van der Waals surface area contributed by atoms with Crippen LogP contribution in [-0.4, -0.2) is 23.9 Å². The zero-order chi connectivity index (χ0) is 27.7. The van der Waals surface area contributed by atoms with Crippen molar-refractivity contribution in [3.05, 3.63) is 122 Å². The molecule has 39 heavy (non-hydrogen) atoms. The molecule has 0 aliphatic rings. The molecule has 2 heterocycles. The number of aromatic nitrogens is 2. The molecule has 3 aromatic carbocycles. The number of carbonyl (C=O) groups excluding carboxylic acids is 1.